The molecule has 1 aliphatic carbocycles. The van der Waals surface area contributed by atoms with E-state index < -0.39 is 5.41 Å². The maximum absolute atomic E-state index is 9.78. The highest BCUT2D eigenvalue weighted by Gasteiger charge is 2.46. The van der Waals surface area contributed by atoms with Crippen molar-refractivity contribution in [1.82, 2.24) is 0 Å². The first-order valence-electron chi connectivity index (χ1n) is 8.23. The Morgan fingerprint density at radius 3 is 1.83 bits per heavy atom. The van der Waals surface area contributed by atoms with Crippen LogP contribution in [0.2, 0.25) is 0 Å². The van der Waals surface area contributed by atoms with Crippen LogP contribution in [0.1, 0.15) is 42.7 Å². The van der Waals surface area contributed by atoms with Gasteiger partial charge in [0.15, 0.2) is 0 Å². The van der Waals surface area contributed by atoms with Gasteiger partial charge in [-0.2, -0.15) is 10.5 Å². The van der Waals surface area contributed by atoms with Gasteiger partial charge in [0, 0.05) is 11.8 Å². The van der Waals surface area contributed by atoms with Crippen molar-refractivity contribution in [3.63, 3.8) is 0 Å². The lowest BCUT2D eigenvalue weighted by Crippen LogP contribution is -2.35. The first-order chi connectivity index (χ1) is 11.3. The molecule has 114 valence electrons. The van der Waals surface area contributed by atoms with Crippen LogP contribution in [0.15, 0.2) is 60.7 Å². The standard InChI is InChI=1S/C21H20N2/c22-15-21(16-23)14-8-7-13-19(21)20(17-9-3-1-4-10-17)18-11-5-2-6-12-18/h1-6,9-12,19-20H,7-8,13-14H2. The quantitative estimate of drug-likeness (QED) is 0.797. The van der Waals surface area contributed by atoms with E-state index in [0.29, 0.717) is 6.42 Å². The van der Waals surface area contributed by atoms with Crippen LogP contribution in [0.5, 0.6) is 0 Å². The van der Waals surface area contributed by atoms with Gasteiger partial charge in [-0.15, -0.1) is 0 Å². The van der Waals surface area contributed by atoms with Crippen molar-refractivity contribution in [2.75, 3.05) is 0 Å². The zero-order valence-electron chi connectivity index (χ0n) is 13.2. The van der Waals surface area contributed by atoms with E-state index >= 15 is 0 Å². The Morgan fingerprint density at radius 1 is 0.826 bits per heavy atom. The van der Waals surface area contributed by atoms with E-state index in [9.17, 15) is 10.5 Å². The minimum atomic E-state index is -0.880. The lowest BCUT2D eigenvalue weighted by molar-refractivity contribution is 0.199. The van der Waals surface area contributed by atoms with Crippen LogP contribution in [-0.2, 0) is 0 Å². The molecule has 0 amide bonds. The highest BCUT2D eigenvalue weighted by atomic mass is 14.5. The van der Waals surface area contributed by atoms with Gasteiger partial charge < -0.3 is 0 Å². The SMILES string of the molecule is N#CC1(C#N)CCCCC1C(c1ccccc1)c1ccccc1. The van der Waals surface area contributed by atoms with E-state index in [1.54, 1.807) is 0 Å². The van der Waals surface area contributed by atoms with Crippen LogP contribution in [0.3, 0.4) is 0 Å². The van der Waals surface area contributed by atoms with Crippen LogP contribution in [0.4, 0.5) is 0 Å². The molecule has 0 aromatic heterocycles. The Morgan fingerprint density at radius 2 is 1.35 bits per heavy atom. The maximum atomic E-state index is 9.78. The lowest BCUT2D eigenvalue weighted by atomic mass is 9.60. The summed E-state index contributed by atoms with van der Waals surface area (Å²) in [7, 11) is 0. The summed E-state index contributed by atoms with van der Waals surface area (Å²) in [5.41, 5.74) is 1.51. The van der Waals surface area contributed by atoms with Crippen molar-refractivity contribution in [1.29, 1.82) is 10.5 Å². The van der Waals surface area contributed by atoms with Crippen molar-refractivity contribution in [2.24, 2.45) is 11.3 Å². The average molecular weight is 300 g/mol. The Bertz CT molecular complexity index is 668. The predicted octanol–water partition coefficient (Wildman–Crippen LogP) is 5.04. The fourth-order valence-corrected chi connectivity index (χ4v) is 3.93. The summed E-state index contributed by atoms with van der Waals surface area (Å²) in [5.74, 6) is 0.132. The van der Waals surface area contributed by atoms with Gasteiger partial charge in [0.1, 0.15) is 5.41 Å². The second kappa shape index (κ2) is 6.67. The van der Waals surface area contributed by atoms with E-state index in [2.05, 4.69) is 36.4 Å². The molecule has 0 N–H and O–H groups in total. The molecule has 0 spiro atoms. The summed E-state index contributed by atoms with van der Waals surface area (Å²) in [6.45, 7) is 0. The fourth-order valence-electron chi connectivity index (χ4n) is 3.93. The largest absolute Gasteiger partial charge is 0.197 e. The summed E-state index contributed by atoms with van der Waals surface area (Å²) in [5, 5.41) is 19.6. The third kappa shape index (κ3) is 2.86. The first-order valence-corrected chi connectivity index (χ1v) is 8.23. The Kier molecular flexibility index (Phi) is 4.45. The zero-order valence-corrected chi connectivity index (χ0v) is 13.2. The van der Waals surface area contributed by atoms with Crippen molar-refractivity contribution >= 4 is 0 Å². The van der Waals surface area contributed by atoms with Gasteiger partial charge in [0.25, 0.3) is 0 Å². The maximum Gasteiger partial charge on any atom is 0.147 e. The lowest BCUT2D eigenvalue weighted by Gasteiger charge is -2.39. The molecule has 2 aromatic carbocycles. The second-order valence-corrected chi connectivity index (χ2v) is 6.35. The van der Waals surface area contributed by atoms with Gasteiger partial charge >= 0.3 is 0 Å². The molecular formula is C21H20N2. The Labute approximate surface area is 138 Å². The molecule has 0 heterocycles. The Hall–Kier alpha value is -2.58. The van der Waals surface area contributed by atoms with Crippen LogP contribution in [0, 0.1) is 34.0 Å². The van der Waals surface area contributed by atoms with Gasteiger partial charge in [-0.25, -0.2) is 0 Å². The zero-order chi connectivity index (χ0) is 16.1. The third-order valence-corrected chi connectivity index (χ3v) is 5.09. The van der Waals surface area contributed by atoms with Gasteiger partial charge in [-0.05, 0) is 24.0 Å². The molecule has 2 heteroatoms. The molecule has 2 nitrogen and oxygen atoms in total. The number of nitriles is 2. The van der Waals surface area contributed by atoms with E-state index in [0.717, 1.165) is 19.3 Å². The summed E-state index contributed by atoms with van der Waals surface area (Å²) in [4.78, 5) is 0. The summed E-state index contributed by atoms with van der Waals surface area (Å²) in [6, 6.07) is 25.4. The van der Waals surface area contributed by atoms with Crippen LogP contribution < -0.4 is 0 Å². The predicted molar refractivity (Wildman–Crippen MR) is 90.3 cm³/mol. The van der Waals surface area contributed by atoms with Gasteiger partial charge in [-0.3, -0.25) is 0 Å². The average Bonchev–Trinajstić information content (AvgIpc) is 2.64. The highest BCUT2D eigenvalue weighted by molar-refractivity contribution is 5.36. The number of hydrogen-bond acceptors (Lipinski definition) is 2. The molecule has 1 fully saturated rings. The minimum absolute atomic E-state index is 0.0380. The summed E-state index contributed by atoms with van der Waals surface area (Å²) < 4.78 is 0. The van der Waals surface area contributed by atoms with E-state index in [4.69, 9.17) is 0 Å². The fraction of sp³-hybridized carbons (Fsp3) is 0.333. The number of nitrogens with zero attached hydrogens (tertiary/aromatic N) is 2. The normalized spacial score (nSPS) is 19.7. The van der Waals surface area contributed by atoms with Crippen LogP contribution >= 0.6 is 0 Å². The molecule has 1 atom stereocenters. The van der Waals surface area contributed by atoms with E-state index in [-0.39, 0.29) is 11.8 Å². The smallest absolute Gasteiger partial charge is 0.147 e. The van der Waals surface area contributed by atoms with Gasteiger partial charge in [-0.1, -0.05) is 73.5 Å². The first kappa shape index (κ1) is 15.3. The molecule has 3 rings (SSSR count). The molecule has 2 aromatic rings. The summed E-state index contributed by atoms with van der Waals surface area (Å²) >= 11 is 0. The highest BCUT2D eigenvalue weighted by Crippen LogP contribution is 2.49. The van der Waals surface area contributed by atoms with Crippen molar-refractivity contribution in [2.45, 2.75) is 31.6 Å². The van der Waals surface area contributed by atoms with Crippen molar-refractivity contribution < 1.29 is 0 Å². The third-order valence-electron chi connectivity index (χ3n) is 5.09. The van der Waals surface area contributed by atoms with Crippen LogP contribution in [-0.4, -0.2) is 0 Å². The molecule has 1 unspecified atom stereocenters. The molecule has 0 aliphatic heterocycles. The van der Waals surface area contributed by atoms with Gasteiger partial charge in [0.05, 0.1) is 12.1 Å². The molecule has 0 bridgehead atoms. The summed E-state index contributed by atoms with van der Waals surface area (Å²) in [6.07, 6.45) is 3.66. The molecule has 1 saturated carbocycles. The molecule has 0 radical (unpaired) electrons. The molecular weight excluding hydrogens is 280 g/mol. The monoisotopic (exact) mass is 300 g/mol. The van der Waals surface area contributed by atoms with E-state index in [1.165, 1.54) is 11.1 Å². The molecule has 0 saturated heterocycles. The second-order valence-electron chi connectivity index (χ2n) is 6.35. The van der Waals surface area contributed by atoms with Crippen LogP contribution in [0.25, 0.3) is 0 Å². The van der Waals surface area contributed by atoms with Crippen molar-refractivity contribution in [3.8, 4) is 12.1 Å². The molecule has 1 aliphatic rings. The number of hydrogen-bond donors (Lipinski definition) is 0. The minimum Gasteiger partial charge on any atom is -0.197 e. The van der Waals surface area contributed by atoms with Gasteiger partial charge in [0.2, 0.25) is 0 Å². The number of rotatable bonds is 3. The Balaban J connectivity index is 2.12. The van der Waals surface area contributed by atoms with Crippen molar-refractivity contribution in [3.05, 3.63) is 71.8 Å². The number of benzene rings is 2. The van der Waals surface area contributed by atoms with E-state index in [1.807, 2.05) is 36.4 Å². The topological polar surface area (TPSA) is 47.6 Å². The molecule has 23 heavy (non-hydrogen) atoms.